The molecule has 2 heteroatoms. The molecule has 0 aliphatic carbocycles. The molecule has 0 atom stereocenters. The van der Waals surface area contributed by atoms with Crippen molar-refractivity contribution in [2.45, 2.75) is 0 Å². The smallest absolute Gasteiger partial charge is 0.135 e. The van der Waals surface area contributed by atoms with Gasteiger partial charge in [0, 0.05) is 33.6 Å². The lowest BCUT2D eigenvalue weighted by Gasteiger charge is -2.28. The molecule has 9 aromatic rings. The molecule has 1 aliphatic rings. The second kappa shape index (κ2) is 13.4. The highest BCUT2D eigenvalue weighted by molar-refractivity contribution is 6.12. The van der Waals surface area contributed by atoms with E-state index in [1.807, 2.05) is 12.1 Å². The highest BCUT2D eigenvalue weighted by atomic mass is 16.5. The molecule has 0 amide bonds. The number of nitrogens with zero attached hydrogens (tertiary/aromatic N) is 1. The van der Waals surface area contributed by atoms with Gasteiger partial charge in [-0.1, -0.05) is 164 Å². The Labute approximate surface area is 315 Å². The van der Waals surface area contributed by atoms with Crippen LogP contribution in [0.4, 0.5) is 17.1 Å². The molecular formula is C52H35NO. The van der Waals surface area contributed by atoms with E-state index < -0.39 is 0 Å². The number of anilines is 3. The van der Waals surface area contributed by atoms with Gasteiger partial charge in [-0.25, -0.2) is 0 Å². The molecule has 0 saturated heterocycles. The van der Waals surface area contributed by atoms with Crippen molar-refractivity contribution in [1.82, 2.24) is 0 Å². The third-order valence-electron chi connectivity index (χ3n) is 10.5. The maximum absolute atomic E-state index is 6.57. The number of rotatable bonds is 6. The Morgan fingerprint density at radius 2 is 0.759 bits per heavy atom. The Morgan fingerprint density at radius 3 is 1.44 bits per heavy atom. The van der Waals surface area contributed by atoms with Crippen LogP contribution in [0.15, 0.2) is 212 Å². The van der Waals surface area contributed by atoms with Crippen LogP contribution in [0.25, 0.3) is 66.4 Å². The minimum atomic E-state index is 0.867. The molecule has 1 aliphatic heterocycles. The van der Waals surface area contributed by atoms with E-state index in [0.29, 0.717) is 0 Å². The van der Waals surface area contributed by atoms with E-state index in [9.17, 15) is 0 Å². The maximum Gasteiger partial charge on any atom is 0.135 e. The number of para-hydroxylation sites is 3. The fourth-order valence-corrected chi connectivity index (χ4v) is 7.96. The van der Waals surface area contributed by atoms with E-state index in [4.69, 9.17) is 4.74 Å². The normalized spacial score (nSPS) is 11.5. The van der Waals surface area contributed by atoms with Crippen LogP contribution in [0, 0.1) is 0 Å². The number of ether oxygens (including phenoxy) is 1. The summed E-state index contributed by atoms with van der Waals surface area (Å²) in [5.74, 6) is 1.74. The first-order valence-electron chi connectivity index (χ1n) is 18.4. The van der Waals surface area contributed by atoms with Crippen LogP contribution in [-0.2, 0) is 0 Å². The molecule has 0 fully saturated rings. The van der Waals surface area contributed by atoms with Gasteiger partial charge in [0.1, 0.15) is 11.5 Å². The highest BCUT2D eigenvalue weighted by Crippen LogP contribution is 2.51. The van der Waals surface area contributed by atoms with E-state index >= 15 is 0 Å². The summed E-state index contributed by atoms with van der Waals surface area (Å²) >= 11 is 0. The van der Waals surface area contributed by atoms with Crippen LogP contribution in [-0.4, -0.2) is 0 Å². The van der Waals surface area contributed by atoms with Crippen molar-refractivity contribution in [3.63, 3.8) is 0 Å². The van der Waals surface area contributed by atoms with Crippen molar-refractivity contribution in [3.05, 3.63) is 212 Å². The average Bonchev–Trinajstić information content (AvgIpc) is 3.39. The molecule has 0 radical (unpaired) electrons. The van der Waals surface area contributed by atoms with Gasteiger partial charge in [-0.15, -0.1) is 0 Å². The number of benzene rings is 9. The van der Waals surface area contributed by atoms with E-state index in [2.05, 4.69) is 205 Å². The first-order chi connectivity index (χ1) is 26.8. The van der Waals surface area contributed by atoms with E-state index in [1.54, 1.807) is 0 Å². The first kappa shape index (κ1) is 31.6. The molecule has 254 valence electrons. The second-order valence-electron chi connectivity index (χ2n) is 13.7. The summed E-state index contributed by atoms with van der Waals surface area (Å²) < 4.78 is 6.57. The maximum atomic E-state index is 6.57. The lowest BCUT2D eigenvalue weighted by Crippen LogP contribution is -2.11. The summed E-state index contributed by atoms with van der Waals surface area (Å²) in [6, 6.07) is 75.8. The Morgan fingerprint density at radius 1 is 0.296 bits per heavy atom. The van der Waals surface area contributed by atoms with Gasteiger partial charge in [-0.05, 0) is 92.7 Å². The summed E-state index contributed by atoms with van der Waals surface area (Å²) in [6.45, 7) is 0. The van der Waals surface area contributed by atoms with Crippen LogP contribution in [0.5, 0.6) is 11.5 Å². The Kier molecular flexibility index (Phi) is 7.85. The third-order valence-corrected chi connectivity index (χ3v) is 10.5. The van der Waals surface area contributed by atoms with Crippen LogP contribution in [0.3, 0.4) is 0 Å². The molecule has 1 heterocycles. The Bertz CT molecular complexity index is 2770. The number of fused-ring (bicyclic) bond motifs is 7. The monoisotopic (exact) mass is 689 g/mol. The SMILES string of the molecule is c1ccc(-c2ccc(N(c3ccc(-c4cc5c(c6ccccc46)-c4ccccc4Oc4ccccc4-5)cc3)c3ccccc3-c3ccccc3)cc2)cc1. The molecular weight excluding hydrogens is 655 g/mol. The molecule has 0 saturated carbocycles. The predicted molar refractivity (Wildman–Crippen MR) is 226 cm³/mol. The van der Waals surface area contributed by atoms with Crippen LogP contribution < -0.4 is 9.64 Å². The van der Waals surface area contributed by atoms with Gasteiger partial charge in [0.25, 0.3) is 0 Å². The van der Waals surface area contributed by atoms with Gasteiger partial charge >= 0.3 is 0 Å². The van der Waals surface area contributed by atoms with Crippen LogP contribution in [0.1, 0.15) is 0 Å². The van der Waals surface area contributed by atoms with Crippen molar-refractivity contribution >= 4 is 27.8 Å². The lowest BCUT2D eigenvalue weighted by atomic mass is 9.85. The quantitative estimate of drug-likeness (QED) is 0.172. The first-order valence-corrected chi connectivity index (χ1v) is 18.4. The topological polar surface area (TPSA) is 12.5 Å². The van der Waals surface area contributed by atoms with E-state index in [0.717, 1.165) is 45.3 Å². The summed E-state index contributed by atoms with van der Waals surface area (Å²) in [6.07, 6.45) is 0. The average molecular weight is 690 g/mol. The molecule has 0 N–H and O–H groups in total. The third kappa shape index (κ3) is 5.53. The van der Waals surface area contributed by atoms with Gasteiger partial charge in [0.15, 0.2) is 0 Å². The fraction of sp³-hybridized carbons (Fsp3) is 0. The van der Waals surface area contributed by atoms with Crippen molar-refractivity contribution in [1.29, 1.82) is 0 Å². The zero-order valence-corrected chi connectivity index (χ0v) is 29.6. The predicted octanol–water partition coefficient (Wildman–Crippen LogP) is 14.8. The molecule has 0 aromatic heterocycles. The molecule has 2 nitrogen and oxygen atoms in total. The molecule has 54 heavy (non-hydrogen) atoms. The standard InChI is InChI=1S/C52H35NO/c1-3-15-36(16-4-1)37-27-31-40(32-28-37)53(49-24-12-9-19-42(49)38-17-5-2-6-18-38)41-33-29-39(30-34-41)47-35-48-44-21-10-13-25-50(44)54-51-26-14-11-23-46(51)52(48)45-22-8-7-20-43(45)47/h1-35H. The Hall–Kier alpha value is -7.16. The molecule has 0 bridgehead atoms. The van der Waals surface area contributed by atoms with Crippen molar-refractivity contribution < 1.29 is 4.74 Å². The molecule has 10 rings (SSSR count). The molecule has 9 aromatic carbocycles. The Balaban J connectivity index is 1.14. The summed E-state index contributed by atoms with van der Waals surface area (Å²) in [4.78, 5) is 2.38. The summed E-state index contributed by atoms with van der Waals surface area (Å²) in [5, 5.41) is 2.42. The van der Waals surface area contributed by atoms with Crippen molar-refractivity contribution in [3.8, 4) is 67.1 Å². The second-order valence-corrected chi connectivity index (χ2v) is 13.7. The minimum absolute atomic E-state index is 0.867. The van der Waals surface area contributed by atoms with Crippen molar-refractivity contribution in [2.75, 3.05) is 4.90 Å². The zero-order chi connectivity index (χ0) is 35.8. The van der Waals surface area contributed by atoms with E-state index in [1.165, 1.54) is 49.7 Å². The zero-order valence-electron chi connectivity index (χ0n) is 29.6. The fourth-order valence-electron chi connectivity index (χ4n) is 7.96. The summed E-state index contributed by atoms with van der Waals surface area (Å²) in [7, 11) is 0. The van der Waals surface area contributed by atoms with Crippen LogP contribution >= 0.6 is 0 Å². The number of hydrogen-bond donors (Lipinski definition) is 0. The van der Waals surface area contributed by atoms with Gasteiger partial charge in [0.05, 0.1) is 5.69 Å². The molecule has 0 unspecified atom stereocenters. The molecule has 0 spiro atoms. The van der Waals surface area contributed by atoms with Gasteiger partial charge in [-0.2, -0.15) is 0 Å². The van der Waals surface area contributed by atoms with Crippen molar-refractivity contribution in [2.24, 2.45) is 0 Å². The lowest BCUT2D eigenvalue weighted by molar-refractivity contribution is 0.488. The van der Waals surface area contributed by atoms with Gasteiger partial charge < -0.3 is 9.64 Å². The van der Waals surface area contributed by atoms with E-state index in [-0.39, 0.29) is 0 Å². The largest absolute Gasteiger partial charge is 0.456 e. The van der Waals surface area contributed by atoms with Crippen LogP contribution in [0.2, 0.25) is 0 Å². The van der Waals surface area contributed by atoms with Gasteiger partial charge in [-0.3, -0.25) is 0 Å². The summed E-state index contributed by atoms with van der Waals surface area (Å²) in [5.41, 5.74) is 15.0. The number of hydrogen-bond acceptors (Lipinski definition) is 2. The highest BCUT2D eigenvalue weighted by Gasteiger charge is 2.24. The minimum Gasteiger partial charge on any atom is -0.456 e. The van der Waals surface area contributed by atoms with Gasteiger partial charge in [0.2, 0.25) is 0 Å².